The van der Waals surface area contributed by atoms with Gasteiger partial charge in [-0.3, -0.25) is 14.4 Å². The van der Waals surface area contributed by atoms with Crippen molar-refractivity contribution < 1.29 is 28.6 Å². The molecule has 1 aliphatic carbocycles. The maximum absolute atomic E-state index is 12.1. The van der Waals surface area contributed by atoms with Crippen molar-refractivity contribution in [2.75, 3.05) is 30.8 Å². The van der Waals surface area contributed by atoms with Crippen molar-refractivity contribution >= 4 is 34.6 Å². The van der Waals surface area contributed by atoms with Gasteiger partial charge in [0, 0.05) is 36.9 Å². The summed E-state index contributed by atoms with van der Waals surface area (Å²) in [5.74, 6) is 0.334. The van der Waals surface area contributed by atoms with Crippen LogP contribution >= 0.6 is 11.8 Å². The molecule has 1 spiro atoms. The number of ether oxygens (including phenoxy) is 3. The summed E-state index contributed by atoms with van der Waals surface area (Å²) in [7, 11) is 0. The molecule has 9 heteroatoms. The van der Waals surface area contributed by atoms with Crippen LogP contribution in [0.5, 0.6) is 11.5 Å². The number of nitrogens with one attached hydrogen (secondary N) is 1. The third kappa shape index (κ3) is 4.19. The first-order chi connectivity index (χ1) is 13.5. The summed E-state index contributed by atoms with van der Waals surface area (Å²) >= 11 is 1.17. The lowest BCUT2D eigenvalue weighted by molar-refractivity contribution is -0.147. The average Bonchev–Trinajstić information content (AvgIpc) is 3.23. The summed E-state index contributed by atoms with van der Waals surface area (Å²) < 4.78 is 17.0. The summed E-state index contributed by atoms with van der Waals surface area (Å²) in [5, 5.41) is 2.54. The zero-order valence-electron chi connectivity index (χ0n) is 15.4. The van der Waals surface area contributed by atoms with Crippen molar-refractivity contribution in [3.63, 3.8) is 0 Å². The Morgan fingerprint density at radius 1 is 1.18 bits per heavy atom. The van der Waals surface area contributed by atoms with Crippen molar-refractivity contribution in [2.45, 2.75) is 37.9 Å². The van der Waals surface area contributed by atoms with E-state index >= 15 is 0 Å². The lowest BCUT2D eigenvalue weighted by atomic mass is 9.94. The van der Waals surface area contributed by atoms with Gasteiger partial charge < -0.3 is 24.4 Å². The Morgan fingerprint density at radius 3 is 2.71 bits per heavy atom. The van der Waals surface area contributed by atoms with Gasteiger partial charge in [0.15, 0.2) is 18.1 Å². The van der Waals surface area contributed by atoms with Crippen LogP contribution < -0.4 is 14.8 Å². The Balaban J connectivity index is 1.27. The van der Waals surface area contributed by atoms with Crippen LogP contribution in [-0.4, -0.2) is 53.3 Å². The highest BCUT2D eigenvalue weighted by Gasteiger charge is 2.42. The van der Waals surface area contributed by atoms with Crippen LogP contribution in [-0.2, 0) is 14.3 Å². The van der Waals surface area contributed by atoms with E-state index in [1.54, 1.807) is 18.2 Å². The number of rotatable bonds is 5. The van der Waals surface area contributed by atoms with Crippen molar-refractivity contribution in [2.24, 2.45) is 0 Å². The van der Waals surface area contributed by atoms with Crippen LogP contribution in [0.4, 0.5) is 10.5 Å². The second-order valence-corrected chi connectivity index (χ2v) is 8.13. The molecule has 2 amide bonds. The third-order valence-corrected chi connectivity index (χ3v) is 5.86. The summed E-state index contributed by atoms with van der Waals surface area (Å²) in [4.78, 5) is 36.7. The number of esters is 1. The molecule has 3 aliphatic rings. The molecule has 150 valence electrons. The summed E-state index contributed by atoms with van der Waals surface area (Å²) in [6.07, 6.45) is 5.06. The Hall–Kier alpha value is -2.42. The van der Waals surface area contributed by atoms with Gasteiger partial charge in [-0.2, -0.15) is 0 Å². The molecule has 0 radical (unpaired) electrons. The smallest absolute Gasteiger partial charge is 0.326 e. The number of amides is 2. The third-order valence-electron chi connectivity index (χ3n) is 4.96. The topological polar surface area (TPSA) is 94.2 Å². The second kappa shape index (κ2) is 7.90. The van der Waals surface area contributed by atoms with Gasteiger partial charge in [-0.05, 0) is 25.0 Å². The summed E-state index contributed by atoms with van der Waals surface area (Å²) in [6.45, 7) is -0.0267. The molecule has 1 aromatic rings. The molecule has 2 aliphatic heterocycles. The molecule has 2 fully saturated rings. The molecule has 1 saturated heterocycles. The molecule has 4 rings (SSSR count). The van der Waals surface area contributed by atoms with Crippen LogP contribution in [0.1, 0.15) is 32.1 Å². The number of hydrogen-bond acceptors (Lipinski definition) is 7. The predicted molar refractivity (Wildman–Crippen MR) is 103 cm³/mol. The number of carbonyl (C=O) groups excluding carboxylic acids is 3. The number of benzene rings is 1. The maximum atomic E-state index is 12.1. The van der Waals surface area contributed by atoms with E-state index in [-0.39, 0.29) is 11.8 Å². The van der Waals surface area contributed by atoms with E-state index in [0.29, 0.717) is 29.5 Å². The van der Waals surface area contributed by atoms with Gasteiger partial charge in [0.25, 0.3) is 16.9 Å². The van der Waals surface area contributed by atoms with E-state index in [0.717, 1.165) is 25.7 Å². The highest BCUT2D eigenvalue weighted by molar-refractivity contribution is 8.13. The molecule has 0 unspecified atom stereocenters. The molecule has 0 atom stereocenters. The minimum absolute atomic E-state index is 0.134. The fourth-order valence-corrected chi connectivity index (χ4v) is 4.40. The first-order valence-electron chi connectivity index (χ1n) is 9.42. The molecular formula is C19H22N2O6S. The molecule has 0 aromatic heterocycles. The van der Waals surface area contributed by atoms with E-state index in [4.69, 9.17) is 14.2 Å². The normalized spacial score (nSPS) is 19.7. The number of hydrogen-bond donors (Lipinski definition) is 1. The van der Waals surface area contributed by atoms with Crippen molar-refractivity contribution in [1.82, 2.24) is 4.90 Å². The molecular weight excluding hydrogens is 384 g/mol. The molecule has 2 heterocycles. The van der Waals surface area contributed by atoms with Gasteiger partial charge in [-0.1, -0.05) is 18.2 Å². The standard InChI is InChI=1S/C19H22N2O6S/c22-16(12-25-17(23)11-21-8-9-28-18(21)24)20-13-4-5-14-15(10-13)27-19(26-14)6-2-1-3-7-19/h4-5,10H,1-3,6-9,11-12H2,(H,20,22). The Kier molecular flexibility index (Phi) is 5.34. The molecule has 1 aromatic carbocycles. The number of nitrogens with zero attached hydrogens (tertiary/aromatic N) is 1. The van der Waals surface area contributed by atoms with Gasteiger partial charge in [0.2, 0.25) is 0 Å². The minimum atomic E-state index is -0.601. The van der Waals surface area contributed by atoms with Gasteiger partial charge >= 0.3 is 5.97 Å². The second-order valence-electron chi connectivity index (χ2n) is 7.08. The zero-order valence-corrected chi connectivity index (χ0v) is 16.2. The first-order valence-corrected chi connectivity index (χ1v) is 10.4. The largest absolute Gasteiger partial charge is 0.454 e. The highest BCUT2D eigenvalue weighted by atomic mass is 32.2. The van der Waals surface area contributed by atoms with Gasteiger partial charge in [0.1, 0.15) is 6.54 Å². The molecule has 8 nitrogen and oxygen atoms in total. The van der Waals surface area contributed by atoms with Gasteiger partial charge in [-0.15, -0.1) is 0 Å². The molecule has 1 saturated carbocycles. The lowest BCUT2D eigenvalue weighted by Crippen LogP contribution is -2.40. The summed E-state index contributed by atoms with van der Waals surface area (Å²) in [5.41, 5.74) is 0.544. The van der Waals surface area contributed by atoms with E-state index in [1.165, 1.54) is 23.1 Å². The maximum Gasteiger partial charge on any atom is 0.326 e. The predicted octanol–water partition coefficient (Wildman–Crippen LogP) is 2.77. The van der Waals surface area contributed by atoms with E-state index in [1.807, 2.05) is 0 Å². The van der Waals surface area contributed by atoms with E-state index < -0.39 is 24.3 Å². The minimum Gasteiger partial charge on any atom is -0.454 e. The van der Waals surface area contributed by atoms with Crippen LogP contribution in [0.25, 0.3) is 0 Å². The Labute approximate surface area is 166 Å². The van der Waals surface area contributed by atoms with E-state index in [9.17, 15) is 14.4 Å². The highest BCUT2D eigenvalue weighted by Crippen LogP contribution is 2.46. The van der Waals surface area contributed by atoms with Crippen molar-refractivity contribution in [3.05, 3.63) is 18.2 Å². The first kappa shape index (κ1) is 18.9. The van der Waals surface area contributed by atoms with E-state index in [2.05, 4.69) is 5.32 Å². The Morgan fingerprint density at radius 2 is 1.96 bits per heavy atom. The van der Waals surface area contributed by atoms with Gasteiger partial charge in [-0.25, -0.2) is 0 Å². The van der Waals surface area contributed by atoms with Crippen LogP contribution in [0.15, 0.2) is 18.2 Å². The number of anilines is 1. The molecule has 1 N–H and O–H groups in total. The zero-order chi connectivity index (χ0) is 19.6. The number of thioether (sulfide) groups is 1. The summed E-state index contributed by atoms with van der Waals surface area (Å²) in [6, 6.07) is 5.22. The SMILES string of the molecule is O=C(COC(=O)CN1CCSC1=O)Nc1ccc2c(c1)OC1(CCCCC1)O2. The Bertz CT molecular complexity index is 793. The van der Waals surface area contributed by atoms with Crippen LogP contribution in [0.3, 0.4) is 0 Å². The monoisotopic (exact) mass is 406 g/mol. The average molecular weight is 406 g/mol. The number of carbonyl (C=O) groups is 3. The van der Waals surface area contributed by atoms with Crippen LogP contribution in [0, 0.1) is 0 Å². The quantitative estimate of drug-likeness (QED) is 0.752. The fraction of sp³-hybridized carbons (Fsp3) is 0.526. The van der Waals surface area contributed by atoms with Crippen molar-refractivity contribution in [3.8, 4) is 11.5 Å². The number of fused-ring (bicyclic) bond motifs is 1. The lowest BCUT2D eigenvalue weighted by Gasteiger charge is -2.31. The molecule has 0 bridgehead atoms. The van der Waals surface area contributed by atoms with Gasteiger partial charge in [0.05, 0.1) is 0 Å². The molecule has 28 heavy (non-hydrogen) atoms. The fourth-order valence-electron chi connectivity index (χ4n) is 3.58. The van der Waals surface area contributed by atoms with Crippen molar-refractivity contribution in [1.29, 1.82) is 0 Å². The van der Waals surface area contributed by atoms with Crippen LogP contribution in [0.2, 0.25) is 0 Å².